The molecule has 0 N–H and O–H groups in total. The molecule has 0 fully saturated rings. The zero-order valence-electron chi connectivity index (χ0n) is 11.8. The maximum Gasteiger partial charge on any atom is 0.273 e. The quantitative estimate of drug-likeness (QED) is 0.569. The van der Waals surface area contributed by atoms with E-state index >= 15 is 0 Å². The van der Waals surface area contributed by atoms with Gasteiger partial charge in [-0.05, 0) is 47.2 Å². The molecule has 0 saturated carbocycles. The van der Waals surface area contributed by atoms with Gasteiger partial charge in [0, 0.05) is 10.4 Å². The number of benzene rings is 1. The Morgan fingerprint density at radius 1 is 1.17 bits per heavy atom. The molecule has 0 bridgehead atoms. The second-order valence-electron chi connectivity index (χ2n) is 4.97. The zero-order chi connectivity index (χ0) is 15.8. The first-order valence-corrected chi connectivity index (χ1v) is 8.51. The summed E-state index contributed by atoms with van der Waals surface area (Å²) in [5.74, 6) is -0.306. The molecule has 0 aliphatic carbocycles. The average Bonchev–Trinajstić information content (AvgIpc) is 3.21. The normalized spacial score (nSPS) is 11.2. The molecule has 0 aliphatic rings. The standard InChI is InChI=1S/C16H10FN3OS2/c17-11-5-3-10(4-6-11)13-14-15(23-19-13)16(21)20(9-18-14)8-12-2-1-7-22-12/h1-7,9H,8H2. The molecule has 3 heterocycles. The molecule has 0 aliphatic heterocycles. The first-order chi connectivity index (χ1) is 11.2. The summed E-state index contributed by atoms with van der Waals surface area (Å²) in [6, 6.07) is 9.97. The maximum absolute atomic E-state index is 13.1. The van der Waals surface area contributed by atoms with Gasteiger partial charge in [-0.3, -0.25) is 9.36 Å². The first kappa shape index (κ1) is 14.2. The van der Waals surface area contributed by atoms with Crippen LogP contribution in [-0.2, 0) is 6.54 Å². The van der Waals surface area contributed by atoms with Crippen LogP contribution in [0.2, 0.25) is 0 Å². The van der Waals surface area contributed by atoms with Crippen LogP contribution in [0.25, 0.3) is 21.5 Å². The molecule has 0 amide bonds. The van der Waals surface area contributed by atoms with E-state index in [9.17, 15) is 9.18 Å². The highest BCUT2D eigenvalue weighted by Crippen LogP contribution is 2.27. The fourth-order valence-corrected chi connectivity index (χ4v) is 3.84. The molecule has 4 rings (SSSR count). The predicted octanol–water partition coefficient (Wildman–Crippen LogP) is 3.77. The van der Waals surface area contributed by atoms with E-state index in [0.29, 0.717) is 22.5 Å². The van der Waals surface area contributed by atoms with E-state index in [2.05, 4.69) is 9.36 Å². The van der Waals surface area contributed by atoms with E-state index in [-0.39, 0.29) is 11.4 Å². The van der Waals surface area contributed by atoms with Crippen molar-refractivity contribution >= 4 is 33.1 Å². The van der Waals surface area contributed by atoms with Gasteiger partial charge in [-0.1, -0.05) is 6.07 Å². The minimum atomic E-state index is -0.306. The third-order valence-corrected chi connectivity index (χ3v) is 5.16. The molecule has 114 valence electrons. The Morgan fingerprint density at radius 2 is 2.00 bits per heavy atom. The SMILES string of the molecule is O=c1c2snc(-c3ccc(F)cc3)c2ncn1Cc1cccs1. The molecule has 0 spiro atoms. The van der Waals surface area contributed by atoms with Crippen molar-refractivity contribution in [1.29, 1.82) is 0 Å². The van der Waals surface area contributed by atoms with Crippen molar-refractivity contribution in [2.45, 2.75) is 6.54 Å². The lowest BCUT2D eigenvalue weighted by Crippen LogP contribution is -2.19. The summed E-state index contributed by atoms with van der Waals surface area (Å²) in [5.41, 5.74) is 1.83. The van der Waals surface area contributed by atoms with Crippen LogP contribution in [0.15, 0.2) is 52.9 Å². The highest BCUT2D eigenvalue weighted by molar-refractivity contribution is 7.13. The molecule has 1 aromatic carbocycles. The Balaban J connectivity index is 1.80. The molecular formula is C16H10FN3OS2. The van der Waals surface area contributed by atoms with Crippen LogP contribution in [0.1, 0.15) is 4.88 Å². The predicted molar refractivity (Wildman–Crippen MR) is 90.5 cm³/mol. The zero-order valence-corrected chi connectivity index (χ0v) is 13.4. The van der Waals surface area contributed by atoms with Crippen molar-refractivity contribution in [3.05, 3.63) is 69.2 Å². The molecule has 0 unspecified atom stereocenters. The Labute approximate surface area is 138 Å². The minimum Gasteiger partial charge on any atom is -0.293 e. The second kappa shape index (κ2) is 5.68. The van der Waals surface area contributed by atoms with E-state index < -0.39 is 0 Å². The van der Waals surface area contributed by atoms with E-state index in [4.69, 9.17) is 0 Å². The first-order valence-electron chi connectivity index (χ1n) is 6.85. The van der Waals surface area contributed by atoms with Crippen LogP contribution in [0, 0.1) is 5.82 Å². The monoisotopic (exact) mass is 343 g/mol. The number of nitrogens with zero attached hydrogens (tertiary/aromatic N) is 3. The second-order valence-corrected chi connectivity index (χ2v) is 6.78. The number of thiophene rings is 1. The van der Waals surface area contributed by atoms with Gasteiger partial charge in [0.05, 0.1) is 12.9 Å². The van der Waals surface area contributed by atoms with Crippen molar-refractivity contribution in [2.75, 3.05) is 0 Å². The highest BCUT2D eigenvalue weighted by Gasteiger charge is 2.14. The number of hydrogen-bond acceptors (Lipinski definition) is 5. The van der Waals surface area contributed by atoms with Gasteiger partial charge in [-0.15, -0.1) is 11.3 Å². The van der Waals surface area contributed by atoms with Crippen molar-refractivity contribution in [1.82, 2.24) is 13.9 Å². The smallest absolute Gasteiger partial charge is 0.273 e. The third kappa shape index (κ3) is 2.58. The summed E-state index contributed by atoms with van der Waals surface area (Å²) in [4.78, 5) is 18.1. The summed E-state index contributed by atoms with van der Waals surface area (Å²) in [6.07, 6.45) is 1.55. The molecule has 7 heteroatoms. The van der Waals surface area contributed by atoms with Crippen LogP contribution in [0.4, 0.5) is 4.39 Å². The largest absolute Gasteiger partial charge is 0.293 e. The fourth-order valence-electron chi connectivity index (χ4n) is 2.34. The summed E-state index contributed by atoms with van der Waals surface area (Å²) in [5, 5.41) is 1.98. The van der Waals surface area contributed by atoms with Crippen LogP contribution in [0.5, 0.6) is 0 Å². The topological polar surface area (TPSA) is 47.8 Å². The van der Waals surface area contributed by atoms with Gasteiger partial charge in [0.15, 0.2) is 0 Å². The number of hydrogen-bond donors (Lipinski definition) is 0. The molecule has 4 aromatic rings. The Hall–Kier alpha value is -2.38. The molecule has 4 nitrogen and oxygen atoms in total. The van der Waals surface area contributed by atoms with Crippen LogP contribution in [0.3, 0.4) is 0 Å². The van der Waals surface area contributed by atoms with Gasteiger partial charge >= 0.3 is 0 Å². The van der Waals surface area contributed by atoms with Gasteiger partial charge in [0.25, 0.3) is 5.56 Å². The van der Waals surface area contributed by atoms with Crippen molar-refractivity contribution in [3.8, 4) is 11.3 Å². The Bertz CT molecular complexity index is 1020. The van der Waals surface area contributed by atoms with Crippen molar-refractivity contribution in [2.24, 2.45) is 0 Å². The molecule has 23 heavy (non-hydrogen) atoms. The molecule has 0 atom stereocenters. The molecule has 3 aromatic heterocycles. The van der Waals surface area contributed by atoms with Gasteiger partial charge < -0.3 is 0 Å². The van der Waals surface area contributed by atoms with Gasteiger partial charge in [0.2, 0.25) is 0 Å². The number of fused-ring (bicyclic) bond motifs is 1. The number of rotatable bonds is 3. The summed E-state index contributed by atoms with van der Waals surface area (Å²) < 4.78 is 19.5. The number of halogens is 1. The van der Waals surface area contributed by atoms with E-state index in [1.807, 2.05) is 17.5 Å². The van der Waals surface area contributed by atoms with E-state index in [0.717, 1.165) is 22.0 Å². The molecule has 0 saturated heterocycles. The third-order valence-electron chi connectivity index (χ3n) is 3.47. The van der Waals surface area contributed by atoms with Crippen LogP contribution < -0.4 is 5.56 Å². The molecular weight excluding hydrogens is 333 g/mol. The fraction of sp³-hybridized carbons (Fsp3) is 0.0625. The van der Waals surface area contributed by atoms with E-state index in [1.54, 1.807) is 34.4 Å². The summed E-state index contributed by atoms with van der Waals surface area (Å²) in [7, 11) is 0. The Morgan fingerprint density at radius 3 is 2.74 bits per heavy atom. The maximum atomic E-state index is 13.1. The highest BCUT2D eigenvalue weighted by atomic mass is 32.1. The summed E-state index contributed by atoms with van der Waals surface area (Å²) >= 11 is 2.73. The van der Waals surface area contributed by atoms with Gasteiger partial charge in [0.1, 0.15) is 21.7 Å². The van der Waals surface area contributed by atoms with Crippen LogP contribution >= 0.6 is 22.9 Å². The Kier molecular flexibility index (Phi) is 3.51. The lowest BCUT2D eigenvalue weighted by atomic mass is 10.1. The van der Waals surface area contributed by atoms with E-state index in [1.165, 1.54) is 12.1 Å². The van der Waals surface area contributed by atoms with Crippen LogP contribution in [-0.4, -0.2) is 13.9 Å². The lowest BCUT2D eigenvalue weighted by molar-refractivity contribution is 0.628. The lowest BCUT2D eigenvalue weighted by Gasteiger charge is -2.03. The van der Waals surface area contributed by atoms with Gasteiger partial charge in [-0.2, -0.15) is 4.37 Å². The number of aromatic nitrogens is 3. The van der Waals surface area contributed by atoms with Crippen molar-refractivity contribution in [3.63, 3.8) is 0 Å². The minimum absolute atomic E-state index is 0.103. The summed E-state index contributed by atoms with van der Waals surface area (Å²) in [6.45, 7) is 0.503. The average molecular weight is 343 g/mol. The van der Waals surface area contributed by atoms with Crippen molar-refractivity contribution < 1.29 is 4.39 Å². The van der Waals surface area contributed by atoms with Gasteiger partial charge in [-0.25, -0.2) is 9.37 Å². The molecule has 0 radical (unpaired) electrons.